The van der Waals surface area contributed by atoms with Crippen molar-refractivity contribution in [2.45, 2.75) is 34.2 Å². The van der Waals surface area contributed by atoms with Gasteiger partial charge in [0.2, 0.25) is 5.91 Å². The number of hydrogen-bond donors (Lipinski definition) is 1. The van der Waals surface area contributed by atoms with Crippen LogP contribution in [0.25, 0.3) is 11.3 Å². The van der Waals surface area contributed by atoms with E-state index in [1.165, 1.54) is 0 Å². The number of aryl methyl sites for hydroxylation is 2. The number of aromatic nitrogens is 2. The van der Waals surface area contributed by atoms with E-state index in [9.17, 15) is 9.59 Å². The number of amides is 1. The van der Waals surface area contributed by atoms with E-state index >= 15 is 0 Å². The van der Waals surface area contributed by atoms with E-state index in [-0.39, 0.29) is 18.4 Å². The zero-order valence-electron chi connectivity index (χ0n) is 16.4. The van der Waals surface area contributed by atoms with Crippen LogP contribution in [0, 0.1) is 20.8 Å². The Morgan fingerprint density at radius 1 is 1.21 bits per heavy atom. The van der Waals surface area contributed by atoms with Gasteiger partial charge in [-0.15, -0.1) is 11.3 Å². The lowest BCUT2D eigenvalue weighted by molar-refractivity contribution is -0.116. The maximum atomic E-state index is 12.6. The van der Waals surface area contributed by atoms with Gasteiger partial charge in [0.25, 0.3) is 0 Å². The van der Waals surface area contributed by atoms with Crippen molar-refractivity contribution >= 4 is 28.9 Å². The number of hydrogen-bond acceptors (Lipinski definition) is 5. The van der Waals surface area contributed by atoms with Crippen molar-refractivity contribution in [1.29, 1.82) is 0 Å². The molecule has 0 aliphatic carbocycles. The molecule has 146 valence electrons. The van der Waals surface area contributed by atoms with Gasteiger partial charge >= 0.3 is 5.97 Å². The SMILES string of the molecule is CCOC(=O)c1cc(C)n(CC(=O)Nc2cccc(-c3csc(C)n3)c2)c1C. The summed E-state index contributed by atoms with van der Waals surface area (Å²) in [6, 6.07) is 9.37. The summed E-state index contributed by atoms with van der Waals surface area (Å²) in [6.07, 6.45) is 0. The molecule has 0 spiro atoms. The van der Waals surface area contributed by atoms with Crippen molar-refractivity contribution in [1.82, 2.24) is 9.55 Å². The smallest absolute Gasteiger partial charge is 0.339 e. The van der Waals surface area contributed by atoms with Gasteiger partial charge in [0.15, 0.2) is 0 Å². The predicted molar refractivity (Wildman–Crippen MR) is 111 cm³/mol. The van der Waals surface area contributed by atoms with Crippen LogP contribution in [0.4, 0.5) is 5.69 Å². The second-order valence-corrected chi connectivity index (χ2v) is 7.53. The Bertz CT molecular complexity index is 1020. The lowest BCUT2D eigenvalue weighted by atomic mass is 10.1. The zero-order valence-corrected chi connectivity index (χ0v) is 17.2. The molecule has 3 rings (SSSR count). The average Bonchev–Trinajstić information content (AvgIpc) is 3.21. The number of esters is 1. The van der Waals surface area contributed by atoms with Gasteiger partial charge in [-0.3, -0.25) is 4.79 Å². The van der Waals surface area contributed by atoms with Crippen molar-refractivity contribution in [2.24, 2.45) is 0 Å². The Balaban J connectivity index is 1.74. The van der Waals surface area contributed by atoms with Crippen molar-refractivity contribution in [2.75, 3.05) is 11.9 Å². The highest BCUT2D eigenvalue weighted by Crippen LogP contribution is 2.24. The molecule has 0 atom stereocenters. The number of benzene rings is 1. The number of nitrogens with zero attached hydrogens (tertiary/aromatic N) is 2. The van der Waals surface area contributed by atoms with Crippen LogP contribution in [-0.2, 0) is 16.1 Å². The number of carbonyl (C=O) groups is 2. The first-order valence-electron chi connectivity index (χ1n) is 9.05. The van der Waals surface area contributed by atoms with Crippen LogP contribution in [0.5, 0.6) is 0 Å². The van der Waals surface area contributed by atoms with Crippen molar-refractivity contribution in [3.63, 3.8) is 0 Å². The molecule has 0 radical (unpaired) electrons. The second-order valence-electron chi connectivity index (χ2n) is 6.47. The summed E-state index contributed by atoms with van der Waals surface area (Å²) in [6.45, 7) is 7.86. The molecule has 0 fully saturated rings. The molecule has 1 N–H and O–H groups in total. The molecule has 3 aromatic rings. The van der Waals surface area contributed by atoms with Gasteiger partial charge in [0.1, 0.15) is 6.54 Å². The van der Waals surface area contributed by atoms with Gasteiger partial charge in [0.05, 0.1) is 22.9 Å². The molecule has 28 heavy (non-hydrogen) atoms. The van der Waals surface area contributed by atoms with E-state index < -0.39 is 0 Å². The molecular formula is C21H23N3O3S. The Hall–Kier alpha value is -2.93. The molecule has 7 heteroatoms. The van der Waals surface area contributed by atoms with Crippen molar-refractivity contribution in [3.8, 4) is 11.3 Å². The van der Waals surface area contributed by atoms with Gasteiger partial charge in [-0.2, -0.15) is 0 Å². The normalized spacial score (nSPS) is 10.7. The van der Waals surface area contributed by atoms with Crippen LogP contribution >= 0.6 is 11.3 Å². The molecule has 1 amide bonds. The molecule has 6 nitrogen and oxygen atoms in total. The Labute approximate surface area is 168 Å². The quantitative estimate of drug-likeness (QED) is 0.628. The number of thiazole rings is 1. The largest absolute Gasteiger partial charge is 0.462 e. The highest BCUT2D eigenvalue weighted by molar-refractivity contribution is 7.09. The first-order valence-corrected chi connectivity index (χ1v) is 9.93. The van der Waals surface area contributed by atoms with E-state index in [0.29, 0.717) is 17.9 Å². The number of nitrogens with one attached hydrogen (secondary N) is 1. The standard InChI is InChI=1S/C21H23N3O3S/c1-5-27-21(26)18-9-13(2)24(14(18)3)11-20(25)23-17-8-6-7-16(10-17)19-12-28-15(4)22-19/h6-10,12H,5,11H2,1-4H3,(H,23,25). The van der Waals surface area contributed by atoms with E-state index in [0.717, 1.165) is 27.7 Å². The van der Waals surface area contributed by atoms with Crippen LogP contribution < -0.4 is 5.32 Å². The van der Waals surface area contributed by atoms with Crippen LogP contribution in [0.1, 0.15) is 33.7 Å². The third kappa shape index (κ3) is 4.31. The molecule has 0 saturated heterocycles. The third-order valence-corrected chi connectivity index (χ3v) is 5.21. The minimum Gasteiger partial charge on any atom is -0.462 e. The van der Waals surface area contributed by atoms with E-state index in [4.69, 9.17) is 4.74 Å². The van der Waals surface area contributed by atoms with Gasteiger partial charge in [-0.1, -0.05) is 12.1 Å². The summed E-state index contributed by atoms with van der Waals surface area (Å²) in [5.74, 6) is -0.530. The number of ether oxygens (including phenoxy) is 1. The molecule has 0 aliphatic heterocycles. The first-order chi connectivity index (χ1) is 13.4. The maximum Gasteiger partial charge on any atom is 0.339 e. The number of carbonyl (C=O) groups excluding carboxylic acids is 2. The van der Waals surface area contributed by atoms with Crippen LogP contribution in [0.3, 0.4) is 0 Å². The van der Waals surface area contributed by atoms with E-state index in [1.807, 2.05) is 55.0 Å². The molecule has 2 heterocycles. The molecule has 0 bridgehead atoms. The zero-order chi connectivity index (χ0) is 20.3. The summed E-state index contributed by atoms with van der Waals surface area (Å²) >= 11 is 1.59. The highest BCUT2D eigenvalue weighted by atomic mass is 32.1. The molecule has 0 aliphatic rings. The van der Waals surface area contributed by atoms with Crippen molar-refractivity contribution in [3.05, 3.63) is 57.7 Å². The molecular weight excluding hydrogens is 374 g/mol. The van der Waals surface area contributed by atoms with E-state index in [1.54, 1.807) is 24.3 Å². The highest BCUT2D eigenvalue weighted by Gasteiger charge is 2.18. The molecule has 2 aromatic heterocycles. The fourth-order valence-electron chi connectivity index (χ4n) is 3.06. The Kier molecular flexibility index (Phi) is 5.94. The summed E-state index contributed by atoms with van der Waals surface area (Å²) in [4.78, 5) is 29.1. The van der Waals surface area contributed by atoms with Gasteiger partial charge in [-0.05, 0) is 45.9 Å². The van der Waals surface area contributed by atoms with Gasteiger partial charge in [-0.25, -0.2) is 9.78 Å². The van der Waals surface area contributed by atoms with Crippen molar-refractivity contribution < 1.29 is 14.3 Å². The maximum absolute atomic E-state index is 12.6. The Morgan fingerprint density at radius 2 is 2.00 bits per heavy atom. The summed E-state index contributed by atoms with van der Waals surface area (Å²) in [5.41, 5.74) is 4.62. The topological polar surface area (TPSA) is 73.2 Å². The number of anilines is 1. The van der Waals surface area contributed by atoms with Crippen LogP contribution in [-0.4, -0.2) is 28.0 Å². The first kappa shape index (κ1) is 19.8. The lowest BCUT2D eigenvalue weighted by Gasteiger charge is -2.11. The Morgan fingerprint density at radius 3 is 2.68 bits per heavy atom. The second kappa shape index (κ2) is 8.39. The summed E-state index contributed by atoms with van der Waals surface area (Å²) in [7, 11) is 0. The fraction of sp³-hybridized carbons (Fsp3) is 0.286. The molecule has 1 aromatic carbocycles. The summed E-state index contributed by atoms with van der Waals surface area (Å²) in [5, 5.41) is 5.93. The van der Waals surface area contributed by atoms with Crippen LogP contribution in [0.15, 0.2) is 35.7 Å². The van der Waals surface area contributed by atoms with E-state index in [2.05, 4.69) is 10.3 Å². The molecule has 0 saturated carbocycles. The average molecular weight is 398 g/mol. The number of rotatable bonds is 6. The van der Waals surface area contributed by atoms with Crippen LogP contribution in [0.2, 0.25) is 0 Å². The minimum absolute atomic E-state index is 0.122. The minimum atomic E-state index is -0.367. The van der Waals surface area contributed by atoms with Gasteiger partial charge < -0.3 is 14.6 Å². The molecule has 0 unspecified atom stereocenters. The predicted octanol–water partition coefficient (Wildman–Crippen LogP) is 4.35. The van der Waals surface area contributed by atoms with Gasteiger partial charge in [0, 0.05) is 28.0 Å². The lowest BCUT2D eigenvalue weighted by Crippen LogP contribution is -2.20. The fourth-order valence-corrected chi connectivity index (χ4v) is 3.68. The monoisotopic (exact) mass is 397 g/mol. The third-order valence-electron chi connectivity index (χ3n) is 4.43. The summed E-state index contributed by atoms with van der Waals surface area (Å²) < 4.78 is 6.89.